The quantitative estimate of drug-likeness (QED) is 0.563. The minimum atomic E-state index is 0.163. The van der Waals surface area contributed by atoms with E-state index in [9.17, 15) is 0 Å². The zero-order chi connectivity index (χ0) is 18.3. The molecule has 2 heteroatoms. The van der Waals surface area contributed by atoms with E-state index >= 15 is 0 Å². The van der Waals surface area contributed by atoms with Crippen LogP contribution in [-0.2, 0) is 6.54 Å². The number of para-hydroxylation sites is 1. The van der Waals surface area contributed by atoms with Crippen molar-refractivity contribution in [2.75, 3.05) is 0 Å². The lowest BCUT2D eigenvalue weighted by molar-refractivity contribution is 0.282. The number of benzene rings is 2. The maximum Gasteiger partial charge on any atom is 0.0950 e. The first-order valence-electron chi connectivity index (χ1n) is 9.34. The van der Waals surface area contributed by atoms with Crippen LogP contribution in [0.4, 0.5) is 0 Å². The summed E-state index contributed by atoms with van der Waals surface area (Å²) in [6.07, 6.45) is 2.17. The Bertz CT molecular complexity index is 931. The Kier molecular flexibility index (Phi) is 4.20. The summed E-state index contributed by atoms with van der Waals surface area (Å²) in [5.74, 6) is 0.545. The molecule has 1 aliphatic heterocycles. The van der Waals surface area contributed by atoms with Crippen LogP contribution in [0.25, 0.3) is 5.69 Å². The van der Waals surface area contributed by atoms with E-state index in [0.717, 1.165) is 12.2 Å². The number of rotatable bonds is 3. The highest BCUT2D eigenvalue weighted by Gasteiger charge is 2.29. The molecule has 2 heterocycles. The van der Waals surface area contributed by atoms with Gasteiger partial charge in [-0.1, -0.05) is 62.9 Å². The molecule has 0 radical (unpaired) electrons. The van der Waals surface area contributed by atoms with E-state index < -0.39 is 0 Å². The SMILES string of the molecule is C=C(C)N1Cc2ccccc2-n2cccc2C1c1ccc(C(C)C)cc1. The van der Waals surface area contributed by atoms with Crippen molar-refractivity contribution >= 4 is 0 Å². The predicted molar refractivity (Wildman–Crippen MR) is 109 cm³/mol. The molecule has 0 aliphatic carbocycles. The molecule has 2 nitrogen and oxygen atoms in total. The largest absolute Gasteiger partial charge is 0.359 e. The van der Waals surface area contributed by atoms with Gasteiger partial charge in [0.2, 0.25) is 0 Å². The number of nitrogens with zero attached hydrogens (tertiary/aromatic N) is 2. The third-order valence-electron chi connectivity index (χ3n) is 5.37. The number of aromatic nitrogens is 1. The molecule has 1 aromatic heterocycles. The highest BCUT2D eigenvalue weighted by Crippen LogP contribution is 2.38. The lowest BCUT2D eigenvalue weighted by Gasteiger charge is -2.33. The highest BCUT2D eigenvalue weighted by atomic mass is 15.2. The fraction of sp³-hybridized carbons (Fsp3) is 0.250. The van der Waals surface area contributed by atoms with Gasteiger partial charge < -0.3 is 9.47 Å². The van der Waals surface area contributed by atoms with Crippen molar-refractivity contribution in [1.82, 2.24) is 9.47 Å². The van der Waals surface area contributed by atoms with Crippen molar-refractivity contribution in [2.24, 2.45) is 0 Å². The lowest BCUT2D eigenvalue weighted by atomic mass is 9.96. The zero-order valence-electron chi connectivity index (χ0n) is 15.8. The van der Waals surface area contributed by atoms with Gasteiger partial charge in [-0.3, -0.25) is 0 Å². The van der Waals surface area contributed by atoms with E-state index in [1.54, 1.807) is 0 Å². The first kappa shape index (κ1) is 16.7. The molecule has 0 bridgehead atoms. The summed E-state index contributed by atoms with van der Waals surface area (Å²) >= 11 is 0. The smallest absolute Gasteiger partial charge is 0.0950 e. The molecule has 0 saturated heterocycles. The number of hydrogen-bond donors (Lipinski definition) is 0. The summed E-state index contributed by atoms with van der Waals surface area (Å²) in [7, 11) is 0. The average Bonchev–Trinajstić information content (AvgIpc) is 3.06. The van der Waals surface area contributed by atoms with Crippen LogP contribution in [0.15, 0.2) is 79.1 Å². The Morgan fingerprint density at radius 2 is 1.73 bits per heavy atom. The fourth-order valence-electron chi connectivity index (χ4n) is 3.92. The third-order valence-corrected chi connectivity index (χ3v) is 5.37. The summed E-state index contributed by atoms with van der Waals surface area (Å²) < 4.78 is 2.33. The molecular weight excluding hydrogens is 316 g/mol. The number of hydrogen-bond acceptors (Lipinski definition) is 1. The van der Waals surface area contributed by atoms with E-state index in [2.05, 4.69) is 104 Å². The first-order valence-corrected chi connectivity index (χ1v) is 9.34. The number of fused-ring (bicyclic) bond motifs is 3. The molecule has 0 saturated carbocycles. The molecule has 1 aliphatic rings. The van der Waals surface area contributed by atoms with E-state index in [-0.39, 0.29) is 6.04 Å². The van der Waals surface area contributed by atoms with Crippen molar-refractivity contribution in [3.05, 3.63) is 102 Å². The van der Waals surface area contributed by atoms with Gasteiger partial charge in [0.15, 0.2) is 0 Å². The van der Waals surface area contributed by atoms with Crippen molar-refractivity contribution in [1.29, 1.82) is 0 Å². The van der Waals surface area contributed by atoms with Crippen molar-refractivity contribution in [2.45, 2.75) is 39.3 Å². The van der Waals surface area contributed by atoms with Crippen molar-refractivity contribution in [3.8, 4) is 5.69 Å². The molecule has 2 aromatic carbocycles. The minimum Gasteiger partial charge on any atom is -0.359 e. The fourth-order valence-corrected chi connectivity index (χ4v) is 3.92. The van der Waals surface area contributed by atoms with E-state index in [0.29, 0.717) is 5.92 Å². The van der Waals surface area contributed by atoms with Crippen LogP contribution in [0.2, 0.25) is 0 Å². The molecular formula is C24H26N2. The van der Waals surface area contributed by atoms with Gasteiger partial charge in [-0.15, -0.1) is 0 Å². The average molecular weight is 342 g/mol. The van der Waals surface area contributed by atoms with Crippen molar-refractivity contribution < 1.29 is 0 Å². The second-order valence-electron chi connectivity index (χ2n) is 7.52. The molecule has 26 heavy (non-hydrogen) atoms. The maximum absolute atomic E-state index is 4.29. The second-order valence-corrected chi connectivity index (χ2v) is 7.52. The van der Waals surface area contributed by atoms with E-state index in [1.165, 1.54) is 28.1 Å². The summed E-state index contributed by atoms with van der Waals surface area (Å²) in [4.78, 5) is 2.42. The summed E-state index contributed by atoms with van der Waals surface area (Å²) in [5.41, 5.74) is 7.66. The van der Waals surface area contributed by atoms with Gasteiger partial charge in [0.25, 0.3) is 0 Å². The zero-order valence-corrected chi connectivity index (χ0v) is 15.8. The van der Waals surface area contributed by atoms with Crippen LogP contribution >= 0.6 is 0 Å². The van der Waals surface area contributed by atoms with Crippen LogP contribution in [0.5, 0.6) is 0 Å². The summed E-state index contributed by atoms with van der Waals surface area (Å²) in [5, 5.41) is 0. The van der Waals surface area contributed by atoms with Gasteiger partial charge in [0.1, 0.15) is 0 Å². The topological polar surface area (TPSA) is 8.17 Å². The Morgan fingerprint density at radius 1 is 1.00 bits per heavy atom. The lowest BCUT2D eigenvalue weighted by Crippen LogP contribution is -2.26. The molecule has 0 N–H and O–H groups in total. The van der Waals surface area contributed by atoms with Crippen molar-refractivity contribution in [3.63, 3.8) is 0 Å². The van der Waals surface area contributed by atoms with E-state index in [4.69, 9.17) is 0 Å². The first-order chi connectivity index (χ1) is 12.6. The molecule has 0 amide bonds. The van der Waals surface area contributed by atoms with Crippen LogP contribution in [-0.4, -0.2) is 9.47 Å². The Balaban J connectivity index is 1.89. The Morgan fingerprint density at radius 3 is 2.42 bits per heavy atom. The van der Waals surface area contributed by atoms with Crippen LogP contribution < -0.4 is 0 Å². The van der Waals surface area contributed by atoms with Crippen LogP contribution in [0.3, 0.4) is 0 Å². The summed E-state index contributed by atoms with van der Waals surface area (Å²) in [6, 6.07) is 22.3. The highest BCUT2D eigenvalue weighted by molar-refractivity contribution is 5.47. The van der Waals surface area contributed by atoms with Crippen LogP contribution in [0, 0.1) is 0 Å². The maximum atomic E-state index is 4.29. The monoisotopic (exact) mass is 342 g/mol. The second kappa shape index (κ2) is 6.53. The molecule has 4 rings (SSSR count). The molecule has 0 fully saturated rings. The molecule has 1 unspecified atom stereocenters. The molecule has 3 aromatic rings. The van der Waals surface area contributed by atoms with Crippen LogP contribution in [0.1, 0.15) is 55.1 Å². The van der Waals surface area contributed by atoms with Gasteiger partial charge in [0, 0.05) is 24.1 Å². The molecule has 132 valence electrons. The third kappa shape index (κ3) is 2.76. The normalized spacial score (nSPS) is 16.2. The Hall–Kier alpha value is -2.74. The molecule has 1 atom stereocenters. The predicted octanol–water partition coefficient (Wildman–Crippen LogP) is 6.04. The summed E-state index contributed by atoms with van der Waals surface area (Å²) in [6.45, 7) is 11.7. The molecule has 0 spiro atoms. The minimum absolute atomic E-state index is 0.163. The van der Waals surface area contributed by atoms with E-state index in [1.807, 2.05) is 0 Å². The van der Waals surface area contributed by atoms with Gasteiger partial charge in [-0.05, 0) is 47.7 Å². The van der Waals surface area contributed by atoms with Gasteiger partial charge >= 0.3 is 0 Å². The Labute approximate surface area is 156 Å². The van der Waals surface area contributed by atoms with Gasteiger partial charge in [-0.2, -0.15) is 0 Å². The number of allylic oxidation sites excluding steroid dienone is 1. The van der Waals surface area contributed by atoms with Gasteiger partial charge in [-0.25, -0.2) is 0 Å². The van der Waals surface area contributed by atoms with Gasteiger partial charge in [0.05, 0.1) is 11.7 Å². The standard InChI is InChI=1S/C24H26N2/c1-17(2)19-11-13-20(14-12-19)24-23-10-7-15-25(23)22-9-6-5-8-21(22)16-26(24)18(3)4/h5-15,17,24H,3,16H2,1-2,4H3.